The number of rotatable bonds is 3. The van der Waals surface area contributed by atoms with E-state index >= 15 is 0 Å². The Morgan fingerprint density at radius 3 is 2.85 bits per heavy atom. The van der Waals surface area contributed by atoms with Gasteiger partial charge in [0.05, 0.1) is 15.1 Å². The first kappa shape index (κ1) is 13.0. The summed E-state index contributed by atoms with van der Waals surface area (Å²) in [5.41, 5.74) is 1.99. The molecular weight excluding hydrogens is 292 g/mol. The number of non-ortho nitro benzene ring substituents is 1. The van der Waals surface area contributed by atoms with Gasteiger partial charge < -0.3 is 0 Å². The zero-order valence-corrected chi connectivity index (χ0v) is 12.2. The second-order valence-corrected chi connectivity index (χ2v) is 6.27. The van der Waals surface area contributed by atoms with Gasteiger partial charge in [-0.1, -0.05) is 0 Å². The summed E-state index contributed by atoms with van der Waals surface area (Å²) in [6, 6.07) is 6.85. The van der Waals surface area contributed by atoms with Crippen LogP contribution in [-0.4, -0.2) is 9.91 Å². The molecule has 0 aliphatic heterocycles. The second-order valence-electron chi connectivity index (χ2n) is 4.26. The highest BCUT2D eigenvalue weighted by atomic mass is 32.1. The molecule has 0 bridgehead atoms. The molecule has 0 aliphatic rings. The van der Waals surface area contributed by atoms with Gasteiger partial charge in [-0.05, 0) is 42.2 Å². The minimum Gasteiger partial charge on any atom is -0.258 e. The first-order valence-electron chi connectivity index (χ1n) is 5.90. The van der Waals surface area contributed by atoms with Gasteiger partial charge in [-0.3, -0.25) is 10.1 Å². The molecular formula is C14H10N2O2S2. The van der Waals surface area contributed by atoms with Gasteiger partial charge in [0.2, 0.25) is 0 Å². The van der Waals surface area contributed by atoms with Crippen molar-refractivity contribution in [1.82, 2.24) is 4.98 Å². The standard InChI is InChI=1S/C14H10N2O2S2/c1-9-6-7-19-12(9)4-5-14-15-11-8-10(16(17)18)2-3-13(11)20-14/h2-8H,1H3/b5-4+. The lowest BCUT2D eigenvalue weighted by atomic mass is 10.3. The highest BCUT2D eigenvalue weighted by Crippen LogP contribution is 2.27. The van der Waals surface area contributed by atoms with Crippen LogP contribution in [0, 0.1) is 17.0 Å². The van der Waals surface area contributed by atoms with Crippen molar-refractivity contribution < 1.29 is 4.92 Å². The number of thiophene rings is 1. The summed E-state index contributed by atoms with van der Waals surface area (Å²) in [5.74, 6) is 0. The number of aromatic nitrogens is 1. The van der Waals surface area contributed by atoms with Crippen LogP contribution in [0.3, 0.4) is 0 Å². The van der Waals surface area contributed by atoms with Crippen LogP contribution in [0.2, 0.25) is 0 Å². The van der Waals surface area contributed by atoms with Crippen molar-refractivity contribution in [2.75, 3.05) is 0 Å². The van der Waals surface area contributed by atoms with Gasteiger partial charge in [0.15, 0.2) is 0 Å². The van der Waals surface area contributed by atoms with E-state index in [1.54, 1.807) is 17.4 Å². The van der Waals surface area contributed by atoms with Crippen molar-refractivity contribution >= 4 is 50.7 Å². The molecule has 0 amide bonds. The molecule has 1 aromatic carbocycles. The van der Waals surface area contributed by atoms with E-state index in [4.69, 9.17) is 0 Å². The maximum Gasteiger partial charge on any atom is 0.271 e. The summed E-state index contributed by atoms with van der Waals surface area (Å²) in [4.78, 5) is 16.0. The average Bonchev–Trinajstić information content (AvgIpc) is 3.00. The van der Waals surface area contributed by atoms with Crippen LogP contribution < -0.4 is 0 Å². The Labute approximate surface area is 123 Å². The number of thiazole rings is 1. The average molecular weight is 302 g/mol. The lowest BCUT2D eigenvalue weighted by molar-refractivity contribution is -0.384. The van der Waals surface area contributed by atoms with Crippen molar-refractivity contribution in [2.24, 2.45) is 0 Å². The molecule has 0 saturated carbocycles. The fourth-order valence-corrected chi connectivity index (χ4v) is 3.49. The lowest BCUT2D eigenvalue weighted by Gasteiger charge is -1.89. The molecule has 20 heavy (non-hydrogen) atoms. The Kier molecular flexibility index (Phi) is 3.33. The molecule has 0 saturated heterocycles. The molecule has 100 valence electrons. The zero-order valence-electron chi connectivity index (χ0n) is 10.6. The van der Waals surface area contributed by atoms with Gasteiger partial charge in [-0.25, -0.2) is 4.98 Å². The largest absolute Gasteiger partial charge is 0.271 e. The SMILES string of the molecule is Cc1ccsc1/C=C/c1nc2cc([N+](=O)[O-])ccc2s1. The fourth-order valence-electron chi connectivity index (χ4n) is 1.82. The molecule has 0 spiro atoms. The zero-order chi connectivity index (χ0) is 14.1. The number of benzene rings is 1. The minimum atomic E-state index is -0.399. The first-order chi connectivity index (χ1) is 9.63. The number of fused-ring (bicyclic) bond motifs is 1. The Bertz CT molecular complexity index is 818. The Morgan fingerprint density at radius 1 is 1.30 bits per heavy atom. The highest BCUT2D eigenvalue weighted by Gasteiger charge is 2.09. The molecule has 2 heterocycles. The topological polar surface area (TPSA) is 56.0 Å². The van der Waals surface area contributed by atoms with Crippen LogP contribution in [0.1, 0.15) is 15.4 Å². The molecule has 2 aromatic heterocycles. The van der Waals surface area contributed by atoms with Gasteiger partial charge in [-0.15, -0.1) is 22.7 Å². The molecule has 3 rings (SSSR count). The van der Waals surface area contributed by atoms with E-state index in [-0.39, 0.29) is 5.69 Å². The number of hydrogen-bond acceptors (Lipinski definition) is 5. The number of nitro groups is 1. The van der Waals surface area contributed by atoms with Crippen molar-refractivity contribution in [1.29, 1.82) is 0 Å². The van der Waals surface area contributed by atoms with E-state index in [1.807, 2.05) is 12.2 Å². The Balaban J connectivity index is 1.95. The molecule has 0 fully saturated rings. The minimum absolute atomic E-state index is 0.0763. The summed E-state index contributed by atoms with van der Waals surface area (Å²) in [7, 11) is 0. The predicted molar refractivity (Wildman–Crippen MR) is 84.3 cm³/mol. The summed E-state index contributed by atoms with van der Waals surface area (Å²) in [5, 5.41) is 13.6. The smallest absolute Gasteiger partial charge is 0.258 e. The molecule has 4 nitrogen and oxygen atoms in total. The van der Waals surface area contributed by atoms with Crippen LogP contribution in [0.4, 0.5) is 5.69 Å². The molecule has 3 aromatic rings. The molecule has 0 N–H and O–H groups in total. The number of aryl methyl sites for hydroxylation is 1. The van der Waals surface area contributed by atoms with E-state index in [2.05, 4.69) is 23.4 Å². The third kappa shape index (κ3) is 2.48. The van der Waals surface area contributed by atoms with Gasteiger partial charge in [0.25, 0.3) is 5.69 Å². The summed E-state index contributed by atoms with van der Waals surface area (Å²) >= 11 is 3.21. The maximum absolute atomic E-state index is 10.7. The van der Waals surface area contributed by atoms with E-state index < -0.39 is 4.92 Å². The van der Waals surface area contributed by atoms with E-state index in [0.717, 1.165) is 9.71 Å². The van der Waals surface area contributed by atoms with Crippen LogP contribution in [0.5, 0.6) is 0 Å². The Hall–Kier alpha value is -2.05. The predicted octanol–water partition coefficient (Wildman–Crippen LogP) is 4.74. The van der Waals surface area contributed by atoms with Crippen LogP contribution >= 0.6 is 22.7 Å². The fraction of sp³-hybridized carbons (Fsp3) is 0.0714. The van der Waals surface area contributed by atoms with Crippen LogP contribution in [0.15, 0.2) is 29.6 Å². The van der Waals surface area contributed by atoms with Crippen LogP contribution in [0.25, 0.3) is 22.4 Å². The van der Waals surface area contributed by atoms with Gasteiger partial charge in [-0.2, -0.15) is 0 Å². The third-order valence-corrected chi connectivity index (χ3v) is 4.86. The molecule has 0 radical (unpaired) electrons. The van der Waals surface area contributed by atoms with Crippen molar-refractivity contribution in [2.45, 2.75) is 6.92 Å². The Morgan fingerprint density at radius 2 is 2.15 bits per heavy atom. The second kappa shape index (κ2) is 5.15. The van der Waals surface area contributed by atoms with E-state index in [0.29, 0.717) is 5.52 Å². The summed E-state index contributed by atoms with van der Waals surface area (Å²) in [6.45, 7) is 2.07. The first-order valence-corrected chi connectivity index (χ1v) is 7.60. The third-order valence-electron chi connectivity index (χ3n) is 2.88. The van der Waals surface area contributed by atoms with Crippen molar-refractivity contribution in [3.8, 4) is 0 Å². The van der Waals surface area contributed by atoms with E-state index in [9.17, 15) is 10.1 Å². The van der Waals surface area contributed by atoms with Gasteiger partial charge in [0, 0.05) is 17.0 Å². The van der Waals surface area contributed by atoms with Crippen molar-refractivity contribution in [3.05, 3.63) is 55.2 Å². The quantitative estimate of drug-likeness (QED) is 0.518. The van der Waals surface area contributed by atoms with Crippen molar-refractivity contribution in [3.63, 3.8) is 0 Å². The van der Waals surface area contributed by atoms with Crippen LogP contribution in [-0.2, 0) is 0 Å². The lowest BCUT2D eigenvalue weighted by Crippen LogP contribution is -1.86. The maximum atomic E-state index is 10.7. The van der Waals surface area contributed by atoms with Gasteiger partial charge >= 0.3 is 0 Å². The molecule has 0 aliphatic carbocycles. The monoisotopic (exact) mass is 302 g/mol. The molecule has 0 unspecified atom stereocenters. The van der Waals surface area contributed by atoms with Gasteiger partial charge in [0.1, 0.15) is 5.01 Å². The van der Waals surface area contributed by atoms with E-state index in [1.165, 1.54) is 33.9 Å². The normalized spacial score (nSPS) is 11.4. The number of nitrogens with zero attached hydrogens (tertiary/aromatic N) is 2. The highest BCUT2D eigenvalue weighted by molar-refractivity contribution is 7.19. The summed E-state index contributed by atoms with van der Waals surface area (Å²) < 4.78 is 0.957. The molecule has 0 atom stereocenters. The number of hydrogen-bond donors (Lipinski definition) is 0. The molecule has 6 heteroatoms. The number of nitro benzene ring substituents is 1. The summed E-state index contributed by atoms with van der Waals surface area (Å²) in [6.07, 6.45) is 3.99.